The predicted molar refractivity (Wildman–Crippen MR) is 110 cm³/mol. The Kier molecular flexibility index (Phi) is 6.08. The summed E-state index contributed by atoms with van der Waals surface area (Å²) in [5.41, 5.74) is 2.13. The quantitative estimate of drug-likeness (QED) is 0.584. The molecule has 1 aromatic heterocycles. The molecule has 1 saturated heterocycles. The first kappa shape index (κ1) is 19.3. The molecule has 0 spiro atoms. The molecule has 0 bridgehead atoms. The van der Waals surface area contributed by atoms with Crippen LogP contribution in [0.1, 0.15) is 29.7 Å². The SMILES string of the molecule is Cc1ccc(/C=C2/SC(=S)N(CCCC(=O)Nc3cc(C)on3)C2=O)cc1. The van der Waals surface area contributed by atoms with Gasteiger partial charge in [-0.1, -0.05) is 59.0 Å². The third-order valence-electron chi connectivity index (χ3n) is 3.93. The summed E-state index contributed by atoms with van der Waals surface area (Å²) in [6, 6.07) is 9.59. The van der Waals surface area contributed by atoms with E-state index >= 15 is 0 Å². The molecule has 8 heteroatoms. The van der Waals surface area contributed by atoms with Gasteiger partial charge in [0.1, 0.15) is 10.1 Å². The molecule has 27 heavy (non-hydrogen) atoms. The van der Waals surface area contributed by atoms with Gasteiger partial charge in [0.25, 0.3) is 5.91 Å². The molecule has 1 aliphatic rings. The molecule has 2 amide bonds. The minimum atomic E-state index is -0.177. The van der Waals surface area contributed by atoms with Crippen molar-refractivity contribution in [2.45, 2.75) is 26.7 Å². The zero-order valence-electron chi connectivity index (χ0n) is 15.0. The summed E-state index contributed by atoms with van der Waals surface area (Å²) in [5, 5.41) is 6.38. The fourth-order valence-electron chi connectivity index (χ4n) is 2.54. The third-order valence-corrected chi connectivity index (χ3v) is 5.31. The van der Waals surface area contributed by atoms with Crippen LogP contribution in [0.5, 0.6) is 0 Å². The zero-order valence-corrected chi connectivity index (χ0v) is 16.7. The van der Waals surface area contributed by atoms with Crippen LogP contribution in [0.2, 0.25) is 0 Å². The van der Waals surface area contributed by atoms with Gasteiger partial charge >= 0.3 is 0 Å². The number of nitrogens with one attached hydrogen (secondary N) is 1. The van der Waals surface area contributed by atoms with Crippen molar-refractivity contribution in [1.29, 1.82) is 0 Å². The number of hydrogen-bond acceptors (Lipinski definition) is 6. The van der Waals surface area contributed by atoms with Gasteiger partial charge in [0.15, 0.2) is 5.82 Å². The molecule has 140 valence electrons. The Morgan fingerprint density at radius 1 is 1.33 bits per heavy atom. The van der Waals surface area contributed by atoms with Gasteiger partial charge in [0.05, 0.1) is 4.91 Å². The smallest absolute Gasteiger partial charge is 0.266 e. The highest BCUT2D eigenvalue weighted by molar-refractivity contribution is 8.26. The van der Waals surface area contributed by atoms with E-state index in [2.05, 4.69) is 10.5 Å². The number of rotatable bonds is 6. The van der Waals surface area contributed by atoms with Crippen LogP contribution in [0.4, 0.5) is 5.82 Å². The lowest BCUT2D eigenvalue weighted by atomic mass is 10.1. The molecule has 0 atom stereocenters. The number of anilines is 1. The number of nitrogens with zero attached hydrogens (tertiary/aromatic N) is 2. The number of carbonyl (C=O) groups is 2. The molecular formula is C19H19N3O3S2. The maximum absolute atomic E-state index is 12.6. The Hall–Kier alpha value is -2.45. The van der Waals surface area contributed by atoms with E-state index in [-0.39, 0.29) is 18.2 Å². The van der Waals surface area contributed by atoms with E-state index < -0.39 is 0 Å². The lowest BCUT2D eigenvalue weighted by Crippen LogP contribution is -2.29. The minimum Gasteiger partial charge on any atom is -0.360 e. The number of amides is 2. The summed E-state index contributed by atoms with van der Waals surface area (Å²) in [7, 11) is 0. The second-order valence-corrected chi connectivity index (χ2v) is 7.89. The second kappa shape index (κ2) is 8.49. The average Bonchev–Trinajstić information content (AvgIpc) is 3.14. The highest BCUT2D eigenvalue weighted by Crippen LogP contribution is 2.32. The van der Waals surface area contributed by atoms with E-state index in [1.165, 1.54) is 17.3 Å². The van der Waals surface area contributed by atoms with Crippen LogP contribution in [0.15, 0.2) is 39.8 Å². The van der Waals surface area contributed by atoms with E-state index in [9.17, 15) is 9.59 Å². The van der Waals surface area contributed by atoms with Crippen LogP contribution in [-0.2, 0) is 9.59 Å². The number of aryl methyl sites for hydroxylation is 2. The normalized spacial score (nSPS) is 15.6. The Bertz CT molecular complexity index is 903. The molecule has 2 aromatic rings. The van der Waals surface area contributed by atoms with Crippen LogP contribution in [-0.4, -0.2) is 32.7 Å². The Morgan fingerprint density at radius 3 is 2.74 bits per heavy atom. The van der Waals surface area contributed by atoms with Crippen LogP contribution >= 0.6 is 24.0 Å². The lowest BCUT2D eigenvalue weighted by molar-refractivity contribution is -0.122. The standard InChI is InChI=1S/C19H19N3O3S2/c1-12-5-7-14(8-6-12)11-15-18(24)22(19(26)27-15)9-3-4-17(23)20-16-10-13(2)25-21-16/h5-8,10-11H,3-4,9H2,1-2H3,(H,20,21,23)/b15-11+. The number of thioether (sulfide) groups is 1. The van der Waals surface area contributed by atoms with Gasteiger partial charge in [-0.3, -0.25) is 14.5 Å². The van der Waals surface area contributed by atoms with E-state index in [1.54, 1.807) is 17.9 Å². The molecule has 3 rings (SSSR count). The maximum atomic E-state index is 12.6. The number of carbonyl (C=O) groups excluding carboxylic acids is 2. The Labute approximate surface area is 167 Å². The van der Waals surface area contributed by atoms with E-state index in [0.717, 1.165) is 5.56 Å². The van der Waals surface area contributed by atoms with Gasteiger partial charge in [0, 0.05) is 19.0 Å². The molecule has 6 nitrogen and oxygen atoms in total. The van der Waals surface area contributed by atoms with Crippen LogP contribution < -0.4 is 5.32 Å². The summed E-state index contributed by atoms with van der Waals surface area (Å²) in [6.45, 7) is 4.17. The molecule has 1 aliphatic heterocycles. The molecule has 0 radical (unpaired) electrons. The summed E-state index contributed by atoms with van der Waals surface area (Å²) in [5.74, 6) is 0.731. The number of benzene rings is 1. The van der Waals surface area contributed by atoms with Crippen molar-refractivity contribution >= 4 is 52.0 Å². The predicted octanol–water partition coefficient (Wildman–Crippen LogP) is 3.91. The highest BCUT2D eigenvalue weighted by atomic mass is 32.2. The molecule has 1 N–H and O–H groups in total. The first-order valence-electron chi connectivity index (χ1n) is 8.47. The number of hydrogen-bond donors (Lipinski definition) is 1. The fourth-order valence-corrected chi connectivity index (χ4v) is 3.84. The molecule has 1 aromatic carbocycles. The maximum Gasteiger partial charge on any atom is 0.266 e. The van der Waals surface area contributed by atoms with Crippen molar-refractivity contribution in [3.63, 3.8) is 0 Å². The van der Waals surface area contributed by atoms with Gasteiger partial charge in [-0.15, -0.1) is 0 Å². The van der Waals surface area contributed by atoms with Crippen LogP contribution in [0.25, 0.3) is 6.08 Å². The summed E-state index contributed by atoms with van der Waals surface area (Å²) >= 11 is 6.61. The van der Waals surface area contributed by atoms with Crippen molar-refractivity contribution in [3.8, 4) is 0 Å². The van der Waals surface area contributed by atoms with Crippen molar-refractivity contribution in [1.82, 2.24) is 10.1 Å². The first-order chi connectivity index (χ1) is 12.9. The molecule has 0 unspecified atom stereocenters. The summed E-state index contributed by atoms with van der Waals surface area (Å²) in [4.78, 5) is 26.7. The highest BCUT2D eigenvalue weighted by Gasteiger charge is 2.31. The van der Waals surface area contributed by atoms with Gasteiger partial charge < -0.3 is 9.84 Å². The fraction of sp³-hybridized carbons (Fsp3) is 0.263. The van der Waals surface area contributed by atoms with Crippen molar-refractivity contribution in [2.75, 3.05) is 11.9 Å². The zero-order chi connectivity index (χ0) is 19.4. The van der Waals surface area contributed by atoms with E-state index in [4.69, 9.17) is 16.7 Å². The number of thiocarbonyl (C=S) groups is 1. The van der Waals surface area contributed by atoms with Gasteiger partial charge in [-0.2, -0.15) is 0 Å². The largest absolute Gasteiger partial charge is 0.360 e. The van der Waals surface area contributed by atoms with E-state index in [0.29, 0.717) is 33.8 Å². The van der Waals surface area contributed by atoms with Crippen LogP contribution in [0.3, 0.4) is 0 Å². The van der Waals surface area contributed by atoms with Crippen molar-refractivity contribution in [2.24, 2.45) is 0 Å². The van der Waals surface area contributed by atoms with Crippen LogP contribution in [0, 0.1) is 13.8 Å². The minimum absolute atomic E-state index is 0.113. The number of aromatic nitrogens is 1. The topological polar surface area (TPSA) is 75.4 Å². The Morgan fingerprint density at radius 2 is 2.07 bits per heavy atom. The first-order valence-corrected chi connectivity index (χ1v) is 9.70. The van der Waals surface area contributed by atoms with Gasteiger partial charge in [-0.25, -0.2) is 0 Å². The van der Waals surface area contributed by atoms with Crippen molar-refractivity contribution in [3.05, 3.63) is 52.1 Å². The Balaban J connectivity index is 1.53. The summed E-state index contributed by atoms with van der Waals surface area (Å²) < 4.78 is 5.42. The molecular weight excluding hydrogens is 382 g/mol. The molecule has 2 heterocycles. The molecule has 1 fully saturated rings. The molecule has 0 aliphatic carbocycles. The van der Waals surface area contributed by atoms with Crippen molar-refractivity contribution < 1.29 is 14.1 Å². The van der Waals surface area contributed by atoms with E-state index in [1.807, 2.05) is 37.3 Å². The van der Waals surface area contributed by atoms with Gasteiger partial charge in [-0.05, 0) is 31.9 Å². The second-order valence-electron chi connectivity index (χ2n) is 6.22. The monoisotopic (exact) mass is 401 g/mol. The lowest BCUT2D eigenvalue weighted by Gasteiger charge is -2.13. The average molecular weight is 402 g/mol. The summed E-state index contributed by atoms with van der Waals surface area (Å²) in [6.07, 6.45) is 2.62. The van der Waals surface area contributed by atoms with Gasteiger partial charge in [0.2, 0.25) is 5.91 Å². The third kappa shape index (κ3) is 5.05. The molecule has 0 saturated carbocycles.